The second-order valence-electron chi connectivity index (χ2n) is 3.43. The average molecular weight is 187 g/mol. The molecule has 0 saturated carbocycles. The van der Waals surface area contributed by atoms with E-state index in [1.807, 2.05) is 0 Å². The molecule has 5 heteroatoms. The van der Waals surface area contributed by atoms with Gasteiger partial charge >= 0.3 is 5.97 Å². The van der Waals surface area contributed by atoms with Gasteiger partial charge in [-0.25, -0.2) is 0 Å². The van der Waals surface area contributed by atoms with Gasteiger partial charge in [-0.05, 0) is 13.8 Å². The molecule has 0 aromatic carbocycles. The van der Waals surface area contributed by atoms with Crippen LogP contribution in [0.2, 0.25) is 0 Å². The maximum Gasteiger partial charge on any atom is 0.308 e. The molecule has 0 aliphatic carbocycles. The first-order chi connectivity index (χ1) is 5.95. The number of aliphatic carboxylic acids is 1. The molecule has 1 rings (SSSR count). The van der Waals surface area contributed by atoms with Gasteiger partial charge in [-0.1, -0.05) is 0 Å². The fourth-order valence-corrected chi connectivity index (χ4v) is 1.53. The Morgan fingerprint density at radius 3 is 2.38 bits per heavy atom. The van der Waals surface area contributed by atoms with Crippen LogP contribution in [0.25, 0.3) is 0 Å². The van der Waals surface area contributed by atoms with Crippen molar-refractivity contribution in [1.82, 2.24) is 5.32 Å². The average Bonchev–Trinajstić information content (AvgIpc) is 1.97. The lowest BCUT2D eigenvalue weighted by Crippen LogP contribution is -2.65. The second-order valence-corrected chi connectivity index (χ2v) is 3.43. The predicted molar refractivity (Wildman–Crippen MR) is 43.9 cm³/mol. The Labute approximate surface area is 75.7 Å². The number of hydrogen-bond donors (Lipinski definition) is 3. The summed E-state index contributed by atoms with van der Waals surface area (Å²) >= 11 is 0. The van der Waals surface area contributed by atoms with Gasteiger partial charge in [-0.3, -0.25) is 9.59 Å². The van der Waals surface area contributed by atoms with Gasteiger partial charge in [-0.2, -0.15) is 0 Å². The smallest absolute Gasteiger partial charge is 0.308 e. The largest absolute Gasteiger partial charge is 0.481 e. The zero-order valence-electron chi connectivity index (χ0n) is 7.52. The summed E-state index contributed by atoms with van der Waals surface area (Å²) in [6.07, 6.45) is -0.791. The fraction of sp³-hybridized carbons (Fsp3) is 0.750. The first-order valence-corrected chi connectivity index (χ1v) is 4.16. The van der Waals surface area contributed by atoms with Crippen LogP contribution in [0.15, 0.2) is 0 Å². The van der Waals surface area contributed by atoms with E-state index in [-0.39, 0.29) is 5.91 Å². The first-order valence-electron chi connectivity index (χ1n) is 4.16. The monoisotopic (exact) mass is 187 g/mol. The lowest BCUT2D eigenvalue weighted by molar-refractivity contribution is -0.151. The third-order valence-corrected chi connectivity index (χ3v) is 2.45. The van der Waals surface area contributed by atoms with E-state index in [0.29, 0.717) is 0 Å². The summed E-state index contributed by atoms with van der Waals surface area (Å²) < 4.78 is 0. The van der Waals surface area contributed by atoms with Gasteiger partial charge in [0.15, 0.2) is 0 Å². The fourth-order valence-electron chi connectivity index (χ4n) is 1.53. The molecule has 0 spiro atoms. The highest BCUT2D eigenvalue weighted by molar-refractivity contribution is 5.88. The van der Waals surface area contributed by atoms with Crippen LogP contribution in [0.4, 0.5) is 0 Å². The highest BCUT2D eigenvalue weighted by atomic mass is 16.4. The number of hydrogen-bond acceptors (Lipinski definition) is 3. The number of carbonyl (C=O) groups excluding carboxylic acids is 1. The summed E-state index contributed by atoms with van der Waals surface area (Å²) in [5.41, 5.74) is 0. The Hall–Kier alpha value is -1.10. The first kappa shape index (κ1) is 9.98. The molecular formula is C8H13NO4. The molecule has 1 saturated heterocycles. The van der Waals surface area contributed by atoms with E-state index in [1.165, 1.54) is 13.8 Å². The third-order valence-electron chi connectivity index (χ3n) is 2.45. The second kappa shape index (κ2) is 3.33. The summed E-state index contributed by atoms with van der Waals surface area (Å²) in [6.45, 7) is 3.01. The molecule has 0 aromatic rings. The van der Waals surface area contributed by atoms with E-state index < -0.39 is 30.0 Å². The van der Waals surface area contributed by atoms with Crippen LogP contribution in [-0.2, 0) is 9.59 Å². The molecule has 5 nitrogen and oxygen atoms in total. The Bertz CT molecular complexity index is 238. The third kappa shape index (κ3) is 1.65. The molecule has 13 heavy (non-hydrogen) atoms. The lowest BCUT2D eigenvalue weighted by Gasteiger charge is -2.40. The number of carbonyl (C=O) groups is 2. The number of carboxylic acid groups (broad SMARTS) is 1. The van der Waals surface area contributed by atoms with Gasteiger partial charge in [-0.15, -0.1) is 0 Å². The molecule has 4 atom stereocenters. The zero-order chi connectivity index (χ0) is 10.2. The Morgan fingerprint density at radius 2 is 2.08 bits per heavy atom. The predicted octanol–water partition coefficient (Wildman–Crippen LogP) is -0.797. The van der Waals surface area contributed by atoms with Crippen LogP contribution < -0.4 is 5.32 Å². The van der Waals surface area contributed by atoms with E-state index in [2.05, 4.69) is 5.32 Å². The number of β-lactam (4-membered cyclic amide) rings is 1. The molecule has 0 bridgehead atoms. The Kier molecular flexibility index (Phi) is 2.56. The zero-order valence-corrected chi connectivity index (χ0v) is 7.52. The number of aliphatic hydroxyl groups is 1. The van der Waals surface area contributed by atoms with Crippen molar-refractivity contribution >= 4 is 11.9 Å². The maximum atomic E-state index is 10.9. The molecule has 74 valence electrons. The minimum absolute atomic E-state index is 0.270. The van der Waals surface area contributed by atoms with Crippen LogP contribution in [0.1, 0.15) is 13.8 Å². The van der Waals surface area contributed by atoms with Crippen molar-refractivity contribution in [2.24, 2.45) is 11.8 Å². The van der Waals surface area contributed by atoms with E-state index in [0.717, 1.165) is 0 Å². The molecular weight excluding hydrogens is 174 g/mol. The molecule has 1 aliphatic rings. The number of aliphatic hydroxyl groups excluding tert-OH is 1. The van der Waals surface area contributed by atoms with Gasteiger partial charge in [0, 0.05) is 0 Å². The molecule has 1 aliphatic heterocycles. The molecule has 1 heterocycles. The minimum Gasteiger partial charge on any atom is -0.481 e. The summed E-state index contributed by atoms with van der Waals surface area (Å²) in [5.74, 6) is -2.47. The van der Waals surface area contributed by atoms with E-state index in [4.69, 9.17) is 5.11 Å². The maximum absolute atomic E-state index is 10.9. The van der Waals surface area contributed by atoms with Crippen LogP contribution in [0.5, 0.6) is 0 Å². The van der Waals surface area contributed by atoms with Crippen molar-refractivity contribution in [3.63, 3.8) is 0 Å². The van der Waals surface area contributed by atoms with E-state index in [9.17, 15) is 14.7 Å². The van der Waals surface area contributed by atoms with Crippen LogP contribution in [-0.4, -0.2) is 34.2 Å². The molecule has 1 fully saturated rings. The SMILES string of the molecule is CC(C(=O)O)[C@H]1NC(=O)[C@H]1[C@@H](C)O. The van der Waals surface area contributed by atoms with Crippen molar-refractivity contribution in [3.05, 3.63) is 0 Å². The minimum atomic E-state index is -0.962. The van der Waals surface area contributed by atoms with Crippen LogP contribution in [0, 0.1) is 11.8 Å². The standard InChI is InChI=1S/C8H13NO4/c1-3(8(12)13)6-5(4(2)10)7(11)9-6/h3-6,10H,1-2H3,(H,9,11)(H,12,13)/t3?,4-,5+,6-/m1/s1. The number of amides is 1. The van der Waals surface area contributed by atoms with Crippen molar-refractivity contribution < 1.29 is 19.8 Å². The van der Waals surface area contributed by atoms with Crippen molar-refractivity contribution in [1.29, 1.82) is 0 Å². The van der Waals surface area contributed by atoms with Crippen LogP contribution in [0.3, 0.4) is 0 Å². The molecule has 1 amide bonds. The van der Waals surface area contributed by atoms with Gasteiger partial charge in [0.25, 0.3) is 0 Å². The summed E-state index contributed by atoms with van der Waals surface area (Å²) in [6, 6.07) is -0.440. The lowest BCUT2D eigenvalue weighted by atomic mass is 9.79. The quantitative estimate of drug-likeness (QED) is 0.505. The molecule has 0 radical (unpaired) electrons. The number of rotatable bonds is 3. The summed E-state index contributed by atoms with van der Waals surface area (Å²) in [7, 11) is 0. The van der Waals surface area contributed by atoms with Gasteiger partial charge in [0.2, 0.25) is 5.91 Å². The summed E-state index contributed by atoms with van der Waals surface area (Å²) in [4.78, 5) is 21.5. The molecule has 0 aromatic heterocycles. The normalized spacial score (nSPS) is 31.5. The highest BCUT2D eigenvalue weighted by Gasteiger charge is 2.47. The molecule has 1 unspecified atom stereocenters. The van der Waals surface area contributed by atoms with E-state index >= 15 is 0 Å². The van der Waals surface area contributed by atoms with Gasteiger partial charge in [0.1, 0.15) is 0 Å². The van der Waals surface area contributed by atoms with Gasteiger partial charge in [0.05, 0.1) is 24.0 Å². The Morgan fingerprint density at radius 1 is 1.54 bits per heavy atom. The van der Waals surface area contributed by atoms with Crippen LogP contribution >= 0.6 is 0 Å². The number of carboxylic acids is 1. The van der Waals surface area contributed by atoms with Crippen molar-refractivity contribution in [3.8, 4) is 0 Å². The van der Waals surface area contributed by atoms with Crippen molar-refractivity contribution in [2.75, 3.05) is 0 Å². The van der Waals surface area contributed by atoms with Gasteiger partial charge < -0.3 is 15.5 Å². The Balaban J connectivity index is 2.64. The van der Waals surface area contributed by atoms with E-state index in [1.54, 1.807) is 0 Å². The summed E-state index contributed by atoms with van der Waals surface area (Å²) in [5, 5.41) is 20.3. The topological polar surface area (TPSA) is 86.6 Å². The number of nitrogens with one attached hydrogen (secondary N) is 1. The van der Waals surface area contributed by atoms with Crippen molar-refractivity contribution in [2.45, 2.75) is 26.0 Å². The highest BCUT2D eigenvalue weighted by Crippen LogP contribution is 2.25. The molecule has 3 N–H and O–H groups in total.